The van der Waals surface area contributed by atoms with Crippen LogP contribution < -0.4 is 4.74 Å². The molecule has 0 radical (unpaired) electrons. The number of benzene rings is 2. The average molecular weight is 344 g/mol. The highest BCUT2D eigenvalue weighted by Gasteiger charge is 2.13. The van der Waals surface area contributed by atoms with Gasteiger partial charge in [-0.05, 0) is 47.7 Å². The van der Waals surface area contributed by atoms with Gasteiger partial charge in [-0.1, -0.05) is 22.5 Å². The Bertz CT molecular complexity index is 861. The second kappa shape index (κ2) is 6.67. The SMILES string of the molecule is CN(C)C(=O)n1nnc(-c2ccc(Oc3cccc(Cl)c3)cc2)n1. The van der Waals surface area contributed by atoms with Crippen molar-refractivity contribution in [1.29, 1.82) is 0 Å². The number of carbonyl (C=O) groups is 1. The van der Waals surface area contributed by atoms with Crippen molar-refractivity contribution in [3.8, 4) is 22.9 Å². The van der Waals surface area contributed by atoms with E-state index in [1.165, 1.54) is 4.90 Å². The van der Waals surface area contributed by atoms with Crippen LogP contribution in [-0.4, -0.2) is 45.2 Å². The second-order valence-electron chi connectivity index (χ2n) is 5.16. The van der Waals surface area contributed by atoms with E-state index in [-0.39, 0.29) is 6.03 Å². The number of hydrogen-bond donors (Lipinski definition) is 0. The van der Waals surface area contributed by atoms with E-state index in [1.807, 2.05) is 12.1 Å². The highest BCUT2D eigenvalue weighted by molar-refractivity contribution is 6.30. The van der Waals surface area contributed by atoms with Crippen LogP contribution in [0, 0.1) is 0 Å². The summed E-state index contributed by atoms with van der Waals surface area (Å²) in [5.41, 5.74) is 0.728. The quantitative estimate of drug-likeness (QED) is 0.729. The van der Waals surface area contributed by atoms with E-state index in [0.717, 1.165) is 10.4 Å². The molecule has 24 heavy (non-hydrogen) atoms. The summed E-state index contributed by atoms with van der Waals surface area (Å²) in [5.74, 6) is 1.66. The van der Waals surface area contributed by atoms with Crippen LogP contribution in [-0.2, 0) is 0 Å². The zero-order chi connectivity index (χ0) is 17.1. The standard InChI is InChI=1S/C16H14ClN5O2/c1-21(2)16(23)22-19-15(18-20-22)11-6-8-13(9-7-11)24-14-5-3-4-12(17)10-14/h3-10H,1-2H3. The van der Waals surface area contributed by atoms with Gasteiger partial charge in [-0.2, -0.15) is 0 Å². The van der Waals surface area contributed by atoms with Gasteiger partial charge < -0.3 is 9.64 Å². The molecule has 0 atom stereocenters. The van der Waals surface area contributed by atoms with Gasteiger partial charge >= 0.3 is 6.03 Å². The van der Waals surface area contributed by atoms with Crippen LogP contribution in [0.2, 0.25) is 5.02 Å². The maximum atomic E-state index is 11.8. The minimum atomic E-state index is -0.366. The summed E-state index contributed by atoms with van der Waals surface area (Å²) in [6.07, 6.45) is 0. The van der Waals surface area contributed by atoms with Gasteiger partial charge in [-0.3, -0.25) is 0 Å². The van der Waals surface area contributed by atoms with Gasteiger partial charge in [0.15, 0.2) is 0 Å². The van der Waals surface area contributed by atoms with Crippen molar-refractivity contribution in [3.63, 3.8) is 0 Å². The molecule has 0 aliphatic carbocycles. The molecule has 0 aliphatic rings. The van der Waals surface area contributed by atoms with Gasteiger partial charge in [0.2, 0.25) is 5.82 Å². The lowest BCUT2D eigenvalue weighted by atomic mass is 10.2. The van der Waals surface area contributed by atoms with E-state index in [4.69, 9.17) is 16.3 Å². The van der Waals surface area contributed by atoms with Crippen molar-refractivity contribution in [2.75, 3.05) is 14.1 Å². The largest absolute Gasteiger partial charge is 0.457 e. The third-order valence-electron chi connectivity index (χ3n) is 3.11. The van der Waals surface area contributed by atoms with Crippen molar-refractivity contribution in [3.05, 3.63) is 53.6 Å². The fraction of sp³-hybridized carbons (Fsp3) is 0.125. The molecule has 3 rings (SSSR count). The topological polar surface area (TPSA) is 73.1 Å². The molecular weight excluding hydrogens is 330 g/mol. The molecule has 1 amide bonds. The van der Waals surface area contributed by atoms with Gasteiger partial charge in [-0.15, -0.1) is 10.2 Å². The van der Waals surface area contributed by atoms with Gasteiger partial charge in [-0.25, -0.2) is 4.79 Å². The number of carbonyl (C=O) groups excluding carboxylic acids is 1. The van der Waals surface area contributed by atoms with Gasteiger partial charge in [0, 0.05) is 24.7 Å². The van der Waals surface area contributed by atoms with Gasteiger partial charge in [0.05, 0.1) is 0 Å². The van der Waals surface area contributed by atoms with Crippen molar-refractivity contribution < 1.29 is 9.53 Å². The van der Waals surface area contributed by atoms with Crippen LogP contribution in [0.4, 0.5) is 4.79 Å². The summed E-state index contributed by atoms with van der Waals surface area (Å²) >= 11 is 5.93. The molecule has 0 N–H and O–H groups in total. The molecule has 1 heterocycles. The molecule has 7 nitrogen and oxygen atoms in total. The monoisotopic (exact) mass is 343 g/mol. The third-order valence-corrected chi connectivity index (χ3v) is 3.35. The number of nitrogens with zero attached hydrogens (tertiary/aromatic N) is 5. The van der Waals surface area contributed by atoms with E-state index < -0.39 is 0 Å². The number of amides is 1. The van der Waals surface area contributed by atoms with E-state index >= 15 is 0 Å². The lowest BCUT2D eigenvalue weighted by molar-refractivity contribution is 0.211. The molecule has 0 aliphatic heterocycles. The van der Waals surface area contributed by atoms with E-state index in [2.05, 4.69) is 15.4 Å². The molecule has 0 saturated carbocycles. The van der Waals surface area contributed by atoms with Crippen LogP contribution >= 0.6 is 11.6 Å². The summed E-state index contributed by atoms with van der Waals surface area (Å²) in [4.78, 5) is 14.1. The summed E-state index contributed by atoms with van der Waals surface area (Å²) < 4.78 is 5.72. The number of tetrazole rings is 1. The van der Waals surface area contributed by atoms with Crippen LogP contribution in [0.5, 0.6) is 11.5 Å². The van der Waals surface area contributed by atoms with Gasteiger partial charge in [0.25, 0.3) is 0 Å². The summed E-state index contributed by atoms with van der Waals surface area (Å²) in [6.45, 7) is 0. The van der Waals surface area contributed by atoms with Crippen molar-refractivity contribution >= 4 is 17.6 Å². The fourth-order valence-corrected chi connectivity index (χ4v) is 2.11. The summed E-state index contributed by atoms with van der Waals surface area (Å²) in [7, 11) is 3.24. The molecule has 0 spiro atoms. The first kappa shape index (κ1) is 15.9. The Morgan fingerprint density at radius 2 is 1.88 bits per heavy atom. The minimum Gasteiger partial charge on any atom is -0.457 e. The zero-order valence-corrected chi connectivity index (χ0v) is 13.8. The first-order chi connectivity index (χ1) is 11.5. The maximum absolute atomic E-state index is 11.8. The Morgan fingerprint density at radius 1 is 1.12 bits per heavy atom. The third kappa shape index (κ3) is 3.52. The maximum Gasteiger partial charge on any atom is 0.362 e. The number of ether oxygens (including phenoxy) is 1. The molecule has 0 bridgehead atoms. The molecule has 0 fully saturated rings. The second-order valence-corrected chi connectivity index (χ2v) is 5.60. The van der Waals surface area contributed by atoms with Crippen LogP contribution in [0.1, 0.15) is 0 Å². The Hall–Kier alpha value is -2.93. The number of aromatic nitrogens is 4. The molecule has 1 aromatic heterocycles. The summed E-state index contributed by atoms with van der Waals surface area (Å²) in [5, 5.41) is 12.3. The van der Waals surface area contributed by atoms with Crippen molar-refractivity contribution in [1.82, 2.24) is 25.1 Å². The number of rotatable bonds is 3. The first-order valence-corrected chi connectivity index (χ1v) is 7.46. The Balaban J connectivity index is 1.76. The lowest BCUT2D eigenvalue weighted by Crippen LogP contribution is -2.29. The lowest BCUT2D eigenvalue weighted by Gasteiger charge is -2.06. The minimum absolute atomic E-state index is 0.361. The van der Waals surface area contributed by atoms with Crippen LogP contribution in [0.25, 0.3) is 11.4 Å². The molecule has 122 valence electrons. The molecule has 2 aromatic carbocycles. The van der Waals surface area contributed by atoms with Crippen LogP contribution in [0.15, 0.2) is 48.5 Å². The predicted octanol–water partition coefficient (Wildman–Crippen LogP) is 3.32. The molecule has 3 aromatic rings. The number of halogens is 1. The van der Waals surface area contributed by atoms with E-state index in [9.17, 15) is 4.79 Å². The van der Waals surface area contributed by atoms with Crippen molar-refractivity contribution in [2.24, 2.45) is 0 Å². The molecule has 8 heteroatoms. The smallest absolute Gasteiger partial charge is 0.362 e. The van der Waals surface area contributed by atoms with Crippen molar-refractivity contribution in [2.45, 2.75) is 0 Å². The normalized spacial score (nSPS) is 10.5. The highest BCUT2D eigenvalue weighted by Crippen LogP contribution is 2.25. The first-order valence-electron chi connectivity index (χ1n) is 7.08. The fourth-order valence-electron chi connectivity index (χ4n) is 1.93. The van der Waals surface area contributed by atoms with E-state index in [1.54, 1.807) is 50.5 Å². The average Bonchev–Trinajstić information content (AvgIpc) is 3.04. The predicted molar refractivity (Wildman–Crippen MR) is 89.3 cm³/mol. The molecule has 0 saturated heterocycles. The zero-order valence-electron chi connectivity index (χ0n) is 13.0. The Morgan fingerprint density at radius 3 is 2.54 bits per heavy atom. The van der Waals surface area contributed by atoms with E-state index in [0.29, 0.717) is 22.3 Å². The molecule has 0 unspecified atom stereocenters. The summed E-state index contributed by atoms with van der Waals surface area (Å²) in [6, 6.07) is 13.9. The Labute approximate surface area is 143 Å². The van der Waals surface area contributed by atoms with Crippen LogP contribution in [0.3, 0.4) is 0 Å². The Kier molecular flexibility index (Phi) is 4.43. The number of hydrogen-bond acceptors (Lipinski definition) is 5. The van der Waals surface area contributed by atoms with Gasteiger partial charge in [0.1, 0.15) is 11.5 Å². The molecular formula is C16H14ClN5O2. The highest BCUT2D eigenvalue weighted by atomic mass is 35.5.